The molecule has 11 heteroatoms. The minimum absolute atomic E-state index is 0.0187. The van der Waals surface area contributed by atoms with Gasteiger partial charge >= 0.3 is 6.18 Å². The summed E-state index contributed by atoms with van der Waals surface area (Å²) in [6.45, 7) is 3.37. The predicted octanol–water partition coefficient (Wildman–Crippen LogP) is 3.88. The number of aromatic nitrogens is 2. The average molecular weight is 451 g/mol. The van der Waals surface area contributed by atoms with Gasteiger partial charge in [0.05, 0.1) is 17.3 Å². The van der Waals surface area contributed by atoms with E-state index >= 15 is 0 Å². The van der Waals surface area contributed by atoms with E-state index in [1.807, 2.05) is 4.90 Å². The predicted molar refractivity (Wildman–Crippen MR) is 99.8 cm³/mol. The fraction of sp³-hybridized carbons (Fsp3) is 0.474. The number of nitrogens with zero attached hydrogens (tertiary/aromatic N) is 4. The van der Waals surface area contributed by atoms with Crippen molar-refractivity contribution in [3.8, 4) is 0 Å². The Morgan fingerprint density at radius 3 is 2.43 bits per heavy atom. The molecule has 0 spiro atoms. The molecule has 0 radical (unpaired) electrons. The van der Waals surface area contributed by atoms with E-state index in [0.717, 1.165) is 10.7 Å². The highest BCUT2D eigenvalue weighted by Gasteiger charge is 2.38. The Balaban J connectivity index is 1.52. The SMILES string of the molecule is Cc1c(Cl)c(C(F)(F)F)nn1CCC(=O)N1CCN(Cc2cccc(F)c2F)CC1. The normalized spacial score (nSPS) is 15.6. The zero-order chi connectivity index (χ0) is 22.1. The highest BCUT2D eigenvalue weighted by atomic mass is 35.5. The molecule has 2 heterocycles. The Kier molecular flexibility index (Phi) is 6.66. The summed E-state index contributed by atoms with van der Waals surface area (Å²) in [6.07, 6.45) is -4.68. The van der Waals surface area contributed by atoms with Crippen LogP contribution in [0.5, 0.6) is 0 Å². The second-order valence-electron chi connectivity index (χ2n) is 7.09. The molecule has 1 fully saturated rings. The third kappa shape index (κ3) is 4.92. The second-order valence-corrected chi connectivity index (χ2v) is 7.47. The molecular weight excluding hydrogens is 431 g/mol. The van der Waals surface area contributed by atoms with E-state index in [9.17, 15) is 26.7 Å². The number of halogens is 6. The van der Waals surface area contributed by atoms with Crippen LogP contribution in [0.25, 0.3) is 0 Å². The van der Waals surface area contributed by atoms with Crippen molar-refractivity contribution in [2.45, 2.75) is 32.6 Å². The molecule has 1 aromatic carbocycles. The lowest BCUT2D eigenvalue weighted by molar-refractivity contribution is -0.141. The van der Waals surface area contributed by atoms with Crippen molar-refractivity contribution in [3.05, 3.63) is 51.8 Å². The summed E-state index contributed by atoms with van der Waals surface area (Å²) in [5, 5.41) is 3.02. The second kappa shape index (κ2) is 8.89. The first-order chi connectivity index (χ1) is 14.1. The molecule has 164 valence electrons. The maximum atomic E-state index is 13.8. The molecule has 5 nitrogen and oxygen atoms in total. The molecule has 1 aromatic heterocycles. The van der Waals surface area contributed by atoms with E-state index in [-0.39, 0.29) is 36.7 Å². The largest absolute Gasteiger partial charge is 0.436 e. The van der Waals surface area contributed by atoms with Gasteiger partial charge in [-0.1, -0.05) is 23.7 Å². The van der Waals surface area contributed by atoms with Gasteiger partial charge in [-0.25, -0.2) is 8.78 Å². The molecule has 0 saturated carbocycles. The van der Waals surface area contributed by atoms with Crippen molar-refractivity contribution in [3.63, 3.8) is 0 Å². The van der Waals surface area contributed by atoms with Crippen LogP contribution >= 0.6 is 11.6 Å². The molecule has 1 aliphatic rings. The maximum absolute atomic E-state index is 13.8. The number of amides is 1. The average Bonchev–Trinajstić information content (AvgIpc) is 2.99. The van der Waals surface area contributed by atoms with Crippen LogP contribution in [0.15, 0.2) is 18.2 Å². The van der Waals surface area contributed by atoms with Crippen LogP contribution in [0.3, 0.4) is 0 Å². The lowest BCUT2D eigenvalue weighted by Gasteiger charge is -2.35. The number of hydrogen-bond acceptors (Lipinski definition) is 3. The number of aryl methyl sites for hydroxylation is 1. The van der Waals surface area contributed by atoms with E-state index in [1.165, 1.54) is 19.1 Å². The van der Waals surface area contributed by atoms with Crippen LogP contribution in [-0.2, 0) is 24.1 Å². The summed E-state index contributed by atoms with van der Waals surface area (Å²) in [7, 11) is 0. The summed E-state index contributed by atoms with van der Waals surface area (Å²) in [5.41, 5.74) is -0.757. The third-order valence-electron chi connectivity index (χ3n) is 5.09. The van der Waals surface area contributed by atoms with Crippen molar-refractivity contribution in [1.82, 2.24) is 19.6 Å². The first-order valence-electron chi connectivity index (χ1n) is 9.31. The highest BCUT2D eigenvalue weighted by Crippen LogP contribution is 2.35. The number of hydrogen-bond donors (Lipinski definition) is 0. The van der Waals surface area contributed by atoms with Gasteiger partial charge in [0.25, 0.3) is 0 Å². The van der Waals surface area contributed by atoms with Crippen molar-refractivity contribution < 1.29 is 26.7 Å². The van der Waals surface area contributed by atoms with Gasteiger partial charge in [0.2, 0.25) is 5.91 Å². The van der Waals surface area contributed by atoms with Gasteiger partial charge in [0.1, 0.15) is 0 Å². The molecule has 0 unspecified atom stereocenters. The summed E-state index contributed by atoms with van der Waals surface area (Å²) in [6, 6.07) is 4.02. The van der Waals surface area contributed by atoms with Crippen LogP contribution in [0.4, 0.5) is 22.0 Å². The lowest BCUT2D eigenvalue weighted by Crippen LogP contribution is -2.48. The number of piperazine rings is 1. The molecule has 1 saturated heterocycles. The summed E-state index contributed by atoms with van der Waals surface area (Å²) < 4.78 is 66.9. The summed E-state index contributed by atoms with van der Waals surface area (Å²) in [5.74, 6) is -1.99. The van der Waals surface area contributed by atoms with Gasteiger partial charge in [0, 0.05) is 44.7 Å². The first-order valence-corrected chi connectivity index (χ1v) is 9.69. The van der Waals surface area contributed by atoms with E-state index in [0.29, 0.717) is 26.2 Å². The zero-order valence-corrected chi connectivity index (χ0v) is 16.9. The Morgan fingerprint density at radius 2 is 1.83 bits per heavy atom. The van der Waals surface area contributed by atoms with Gasteiger partial charge in [0.15, 0.2) is 17.3 Å². The van der Waals surface area contributed by atoms with Gasteiger partial charge in [-0.2, -0.15) is 18.3 Å². The van der Waals surface area contributed by atoms with Gasteiger partial charge in [-0.05, 0) is 13.0 Å². The van der Waals surface area contributed by atoms with E-state index in [2.05, 4.69) is 5.10 Å². The Morgan fingerprint density at radius 1 is 1.17 bits per heavy atom. The van der Waals surface area contributed by atoms with Crippen LogP contribution in [0.1, 0.15) is 23.4 Å². The number of alkyl halides is 3. The first kappa shape index (κ1) is 22.5. The van der Waals surface area contributed by atoms with E-state index in [1.54, 1.807) is 4.90 Å². The zero-order valence-electron chi connectivity index (χ0n) is 16.1. The van der Waals surface area contributed by atoms with Gasteiger partial charge in [-0.3, -0.25) is 14.4 Å². The topological polar surface area (TPSA) is 41.4 Å². The van der Waals surface area contributed by atoms with Crippen LogP contribution < -0.4 is 0 Å². The molecule has 0 aliphatic carbocycles. The molecule has 30 heavy (non-hydrogen) atoms. The molecule has 0 N–H and O–H groups in total. The standard InChI is InChI=1S/C19H20ClF5N4O/c1-12-16(20)18(19(23,24)25)26-29(12)6-5-15(30)28-9-7-27(8-10-28)11-13-3-2-4-14(21)17(13)22/h2-4H,5-11H2,1H3. The molecule has 1 amide bonds. The fourth-order valence-electron chi connectivity index (χ4n) is 3.35. The number of rotatable bonds is 5. The summed E-state index contributed by atoms with van der Waals surface area (Å²) in [4.78, 5) is 15.9. The highest BCUT2D eigenvalue weighted by molar-refractivity contribution is 6.31. The van der Waals surface area contributed by atoms with Crippen molar-refractivity contribution in [1.29, 1.82) is 0 Å². The number of carbonyl (C=O) groups is 1. The monoisotopic (exact) mass is 450 g/mol. The maximum Gasteiger partial charge on any atom is 0.436 e. The Hall–Kier alpha value is -2.20. The molecule has 1 aliphatic heterocycles. The number of carbonyl (C=O) groups excluding carboxylic acids is 1. The fourth-order valence-corrected chi connectivity index (χ4v) is 3.59. The van der Waals surface area contributed by atoms with Gasteiger partial charge in [-0.15, -0.1) is 0 Å². The molecule has 0 bridgehead atoms. The Labute approximate surface area is 175 Å². The molecular formula is C19H20ClF5N4O. The van der Waals surface area contributed by atoms with E-state index < -0.39 is 28.5 Å². The lowest BCUT2D eigenvalue weighted by atomic mass is 10.1. The van der Waals surface area contributed by atoms with Crippen LogP contribution in [-0.4, -0.2) is 51.7 Å². The molecule has 0 atom stereocenters. The third-order valence-corrected chi connectivity index (χ3v) is 5.54. The minimum Gasteiger partial charge on any atom is -0.340 e. The molecule has 3 rings (SSSR count). The van der Waals surface area contributed by atoms with Crippen LogP contribution in [0, 0.1) is 18.6 Å². The quantitative estimate of drug-likeness (QED) is 0.649. The summed E-state index contributed by atoms with van der Waals surface area (Å²) >= 11 is 5.71. The van der Waals surface area contributed by atoms with Gasteiger partial charge < -0.3 is 4.90 Å². The van der Waals surface area contributed by atoms with Crippen molar-refractivity contribution >= 4 is 17.5 Å². The Bertz CT molecular complexity index is 922. The number of benzene rings is 1. The van der Waals surface area contributed by atoms with Crippen molar-refractivity contribution in [2.24, 2.45) is 0 Å². The van der Waals surface area contributed by atoms with E-state index in [4.69, 9.17) is 11.6 Å². The van der Waals surface area contributed by atoms with Crippen molar-refractivity contribution in [2.75, 3.05) is 26.2 Å². The minimum atomic E-state index is -4.66. The smallest absolute Gasteiger partial charge is 0.340 e. The molecule has 2 aromatic rings. The van der Waals surface area contributed by atoms with Crippen LogP contribution in [0.2, 0.25) is 5.02 Å².